The maximum atomic E-state index is 12.4. The van der Waals surface area contributed by atoms with Gasteiger partial charge >= 0.3 is 0 Å². The van der Waals surface area contributed by atoms with E-state index in [1.165, 1.54) is 0 Å². The number of hydrogen-bond donors (Lipinski definition) is 1. The Kier molecular flexibility index (Phi) is 6.20. The number of rotatable bonds is 7. The van der Waals surface area contributed by atoms with Crippen molar-refractivity contribution < 1.29 is 18.6 Å². The molecule has 0 aromatic heterocycles. The molecule has 0 unspecified atom stereocenters. The molecule has 12 heavy (non-hydrogen) atoms. The number of hydrogen-bond acceptors (Lipinski definition) is 2. The van der Waals surface area contributed by atoms with Crippen LogP contribution in [-0.2, 0) is 4.74 Å². The molecule has 0 aromatic rings. The van der Waals surface area contributed by atoms with Crippen LogP contribution >= 0.6 is 0 Å². The van der Waals surface area contributed by atoms with Crippen molar-refractivity contribution in [1.82, 2.24) is 0 Å². The van der Waals surface area contributed by atoms with Gasteiger partial charge in [-0.25, -0.2) is 8.78 Å². The van der Waals surface area contributed by atoms with Gasteiger partial charge in [0, 0.05) is 19.6 Å². The van der Waals surface area contributed by atoms with E-state index in [0.29, 0.717) is 19.6 Å². The van der Waals surface area contributed by atoms with Gasteiger partial charge in [0.1, 0.15) is 6.61 Å². The van der Waals surface area contributed by atoms with E-state index in [0.717, 1.165) is 6.42 Å². The zero-order valence-electron chi connectivity index (χ0n) is 7.35. The monoisotopic (exact) mass is 182 g/mol. The van der Waals surface area contributed by atoms with Crippen molar-refractivity contribution in [3.8, 4) is 0 Å². The Morgan fingerprint density at radius 2 is 2.00 bits per heavy atom. The van der Waals surface area contributed by atoms with Gasteiger partial charge in [-0.2, -0.15) is 0 Å². The van der Waals surface area contributed by atoms with Crippen LogP contribution in [0.1, 0.15) is 26.2 Å². The maximum absolute atomic E-state index is 12.4. The normalized spacial score (nSPS) is 12.0. The second-order valence-electron chi connectivity index (χ2n) is 2.73. The summed E-state index contributed by atoms with van der Waals surface area (Å²) in [5, 5.41) is 8.21. The minimum Gasteiger partial charge on any atom is -0.390 e. The molecule has 0 rings (SSSR count). The van der Waals surface area contributed by atoms with Crippen molar-refractivity contribution in [1.29, 1.82) is 0 Å². The highest BCUT2D eigenvalue weighted by molar-refractivity contribution is 4.63. The molecule has 0 saturated carbocycles. The van der Waals surface area contributed by atoms with Crippen LogP contribution in [0.15, 0.2) is 0 Å². The summed E-state index contributed by atoms with van der Waals surface area (Å²) in [6.45, 7) is 1.86. The Labute approximate surface area is 71.5 Å². The lowest BCUT2D eigenvalue weighted by atomic mass is 10.2. The summed E-state index contributed by atoms with van der Waals surface area (Å²) in [5.74, 6) is -2.93. The molecule has 1 N–H and O–H groups in total. The molecule has 74 valence electrons. The van der Waals surface area contributed by atoms with Crippen LogP contribution in [-0.4, -0.2) is 30.8 Å². The summed E-state index contributed by atoms with van der Waals surface area (Å²) >= 11 is 0. The van der Waals surface area contributed by atoms with E-state index in [1.54, 1.807) is 0 Å². The quantitative estimate of drug-likeness (QED) is 0.608. The number of aliphatic hydroxyl groups excluding tert-OH is 1. The molecule has 0 saturated heterocycles. The second kappa shape index (κ2) is 6.31. The second-order valence-corrected chi connectivity index (χ2v) is 2.73. The first-order chi connectivity index (χ1) is 5.62. The first-order valence-electron chi connectivity index (χ1n) is 4.19. The summed E-state index contributed by atoms with van der Waals surface area (Å²) in [7, 11) is 0. The Morgan fingerprint density at radius 3 is 2.50 bits per heavy atom. The SMILES string of the molecule is CCCOCCCC(F)(F)CO. The lowest BCUT2D eigenvalue weighted by molar-refractivity contribution is -0.0616. The third kappa shape index (κ3) is 6.49. The fourth-order valence-corrected chi connectivity index (χ4v) is 0.758. The molecule has 0 spiro atoms. The van der Waals surface area contributed by atoms with Crippen LogP contribution in [0.2, 0.25) is 0 Å². The molecule has 0 aliphatic heterocycles. The highest BCUT2D eigenvalue weighted by Crippen LogP contribution is 2.18. The summed E-state index contributed by atoms with van der Waals surface area (Å²) in [5.41, 5.74) is 0. The molecule has 0 aromatic carbocycles. The standard InChI is InChI=1S/C8H16F2O2/c1-2-5-12-6-3-4-8(9,10)7-11/h11H,2-7H2,1H3. The van der Waals surface area contributed by atoms with Crippen molar-refractivity contribution in [2.24, 2.45) is 0 Å². The number of halogens is 2. The zero-order chi connectivity index (χ0) is 9.45. The summed E-state index contributed by atoms with van der Waals surface area (Å²) in [6.07, 6.45) is 0.900. The first kappa shape index (κ1) is 11.8. The van der Waals surface area contributed by atoms with Gasteiger partial charge in [-0.05, 0) is 12.8 Å². The van der Waals surface area contributed by atoms with Gasteiger partial charge in [0.05, 0.1) is 0 Å². The van der Waals surface area contributed by atoms with E-state index in [9.17, 15) is 8.78 Å². The van der Waals surface area contributed by atoms with E-state index < -0.39 is 12.5 Å². The summed E-state index contributed by atoms with van der Waals surface area (Å²) in [4.78, 5) is 0. The number of ether oxygens (including phenoxy) is 1. The molecule has 2 nitrogen and oxygen atoms in total. The molecular weight excluding hydrogens is 166 g/mol. The molecule has 0 amide bonds. The highest BCUT2D eigenvalue weighted by atomic mass is 19.3. The predicted molar refractivity (Wildman–Crippen MR) is 42.4 cm³/mol. The molecular formula is C8H16F2O2. The molecule has 0 aliphatic rings. The van der Waals surface area contributed by atoms with Gasteiger partial charge in [0.25, 0.3) is 5.92 Å². The molecule has 0 bridgehead atoms. The van der Waals surface area contributed by atoms with Crippen molar-refractivity contribution in [3.63, 3.8) is 0 Å². The molecule has 4 heteroatoms. The highest BCUT2D eigenvalue weighted by Gasteiger charge is 2.26. The van der Waals surface area contributed by atoms with Crippen LogP contribution in [0, 0.1) is 0 Å². The largest absolute Gasteiger partial charge is 0.390 e. The minimum atomic E-state index is -2.93. The van der Waals surface area contributed by atoms with E-state index in [4.69, 9.17) is 9.84 Å². The molecule has 0 fully saturated rings. The van der Waals surface area contributed by atoms with Gasteiger partial charge in [-0.1, -0.05) is 6.92 Å². The fraction of sp³-hybridized carbons (Fsp3) is 1.00. The van der Waals surface area contributed by atoms with Crippen molar-refractivity contribution in [3.05, 3.63) is 0 Å². The van der Waals surface area contributed by atoms with Crippen molar-refractivity contribution in [2.45, 2.75) is 32.1 Å². The smallest absolute Gasteiger partial charge is 0.270 e. The van der Waals surface area contributed by atoms with E-state index >= 15 is 0 Å². The zero-order valence-corrected chi connectivity index (χ0v) is 7.35. The van der Waals surface area contributed by atoms with E-state index in [1.807, 2.05) is 6.92 Å². The van der Waals surface area contributed by atoms with E-state index in [-0.39, 0.29) is 6.42 Å². The van der Waals surface area contributed by atoms with Gasteiger partial charge < -0.3 is 9.84 Å². The Morgan fingerprint density at radius 1 is 1.33 bits per heavy atom. The lowest BCUT2D eigenvalue weighted by Gasteiger charge is -2.12. The van der Waals surface area contributed by atoms with Gasteiger partial charge in [-0.3, -0.25) is 0 Å². The van der Waals surface area contributed by atoms with Crippen LogP contribution in [0.5, 0.6) is 0 Å². The fourth-order valence-electron chi connectivity index (χ4n) is 0.758. The summed E-state index contributed by atoms with van der Waals surface area (Å²) in [6, 6.07) is 0. The predicted octanol–water partition coefficient (Wildman–Crippen LogP) is 1.82. The number of aliphatic hydroxyl groups is 1. The van der Waals surface area contributed by atoms with Gasteiger partial charge in [-0.15, -0.1) is 0 Å². The first-order valence-corrected chi connectivity index (χ1v) is 4.19. The molecule has 0 radical (unpaired) electrons. The van der Waals surface area contributed by atoms with E-state index in [2.05, 4.69) is 0 Å². The Bertz CT molecular complexity index is 107. The van der Waals surface area contributed by atoms with Gasteiger partial charge in [0.2, 0.25) is 0 Å². The van der Waals surface area contributed by atoms with Crippen LogP contribution in [0.4, 0.5) is 8.78 Å². The third-order valence-corrected chi connectivity index (χ3v) is 1.41. The lowest BCUT2D eigenvalue weighted by Crippen LogP contribution is -2.21. The average molecular weight is 182 g/mol. The number of alkyl halides is 2. The molecule has 0 atom stereocenters. The third-order valence-electron chi connectivity index (χ3n) is 1.41. The molecule has 0 aliphatic carbocycles. The van der Waals surface area contributed by atoms with Crippen LogP contribution in [0.25, 0.3) is 0 Å². The van der Waals surface area contributed by atoms with Crippen LogP contribution in [0.3, 0.4) is 0 Å². The molecule has 0 heterocycles. The Hall–Kier alpha value is -0.220. The van der Waals surface area contributed by atoms with Crippen molar-refractivity contribution in [2.75, 3.05) is 19.8 Å². The Balaban J connectivity index is 3.19. The van der Waals surface area contributed by atoms with Crippen LogP contribution < -0.4 is 0 Å². The minimum absolute atomic E-state index is 0.298. The maximum Gasteiger partial charge on any atom is 0.270 e. The van der Waals surface area contributed by atoms with Crippen molar-refractivity contribution >= 4 is 0 Å². The van der Waals surface area contributed by atoms with Gasteiger partial charge in [0.15, 0.2) is 0 Å². The summed E-state index contributed by atoms with van der Waals surface area (Å²) < 4.78 is 29.7. The average Bonchev–Trinajstić information content (AvgIpc) is 2.04. The topological polar surface area (TPSA) is 29.5 Å².